The maximum absolute atomic E-state index is 12.2. The molecule has 1 aliphatic heterocycles. The molecule has 36 heavy (non-hydrogen) atoms. The van der Waals surface area contributed by atoms with Gasteiger partial charge in [-0.05, 0) is 43.5 Å². The first-order valence-electron chi connectivity index (χ1n) is 11.6. The maximum atomic E-state index is 12.2. The highest BCUT2D eigenvalue weighted by molar-refractivity contribution is 6.32. The number of primary amides is 1. The summed E-state index contributed by atoms with van der Waals surface area (Å²) in [5.74, 6) is -0.271. The lowest BCUT2D eigenvalue weighted by Crippen LogP contribution is -2.20. The van der Waals surface area contributed by atoms with Crippen molar-refractivity contribution in [2.24, 2.45) is 5.73 Å². The van der Waals surface area contributed by atoms with E-state index in [0.29, 0.717) is 40.9 Å². The lowest BCUT2D eigenvalue weighted by atomic mass is 10.1. The van der Waals surface area contributed by atoms with Gasteiger partial charge in [0.1, 0.15) is 17.5 Å². The molecule has 0 radical (unpaired) electrons. The number of aromatic nitrogens is 5. The highest BCUT2D eigenvalue weighted by Gasteiger charge is 2.27. The number of nitrogens with two attached hydrogens (primary N) is 1. The van der Waals surface area contributed by atoms with Crippen LogP contribution in [0.5, 0.6) is 0 Å². The molecular formula is C25H24ClN7O3. The van der Waals surface area contributed by atoms with Gasteiger partial charge >= 0.3 is 0 Å². The molecule has 2 atom stereocenters. The molecule has 2 N–H and O–H groups in total. The number of oxazole rings is 1. The van der Waals surface area contributed by atoms with Crippen molar-refractivity contribution in [3.63, 3.8) is 0 Å². The largest absolute Gasteiger partial charge is 0.439 e. The molecule has 1 aliphatic rings. The smallest absolute Gasteiger partial charge is 0.270 e. The number of nitriles is 1. The molecule has 4 heterocycles. The minimum Gasteiger partial charge on any atom is -0.439 e. The van der Waals surface area contributed by atoms with Crippen LogP contribution in [0, 0.1) is 11.3 Å². The first-order chi connectivity index (χ1) is 17.4. The van der Waals surface area contributed by atoms with Gasteiger partial charge in [0.2, 0.25) is 5.89 Å². The Balaban J connectivity index is 1.39. The predicted octanol–water partition coefficient (Wildman–Crippen LogP) is 4.53. The van der Waals surface area contributed by atoms with Crippen molar-refractivity contribution in [3.05, 3.63) is 64.8 Å². The standard InChI is InChI=1S/C25H24ClN7O3/c1-15(14-32-10-8-19(31-32)16-5-6-17(13-27)18(26)12-16)23-22(24(28)34)30-25(36-23)20-7-9-29-33(20)21-4-2-3-11-35-21/h5-10,12,15,21H,2-4,11,14H2,1H3,(H2,28,34)/t15-,21?/m0/s1. The van der Waals surface area contributed by atoms with Crippen molar-refractivity contribution in [3.8, 4) is 28.9 Å². The Morgan fingerprint density at radius 1 is 1.33 bits per heavy atom. The van der Waals surface area contributed by atoms with Crippen molar-refractivity contribution >= 4 is 17.5 Å². The molecule has 3 aromatic heterocycles. The third-order valence-corrected chi connectivity index (χ3v) is 6.45. The van der Waals surface area contributed by atoms with Crippen LogP contribution in [0.1, 0.15) is 60.1 Å². The first kappa shape index (κ1) is 23.8. The normalized spacial score (nSPS) is 16.5. The van der Waals surface area contributed by atoms with Crippen molar-refractivity contribution in [2.75, 3.05) is 6.61 Å². The summed E-state index contributed by atoms with van der Waals surface area (Å²) in [6.45, 7) is 3.01. The van der Waals surface area contributed by atoms with Gasteiger partial charge in [0.05, 0.1) is 22.8 Å². The van der Waals surface area contributed by atoms with Crippen molar-refractivity contribution in [1.29, 1.82) is 5.26 Å². The number of carbonyl (C=O) groups excluding carboxylic acids is 1. The second kappa shape index (κ2) is 9.97. The molecule has 1 saturated heterocycles. The number of carbonyl (C=O) groups is 1. The molecule has 4 aromatic rings. The fraction of sp³-hybridized carbons (Fsp3) is 0.320. The molecule has 5 rings (SSSR count). The van der Waals surface area contributed by atoms with Crippen molar-refractivity contribution < 1.29 is 13.9 Å². The zero-order valence-electron chi connectivity index (χ0n) is 19.6. The SMILES string of the molecule is C[C@@H](Cn1ccc(-c2ccc(C#N)c(Cl)c2)n1)c1oc(-c2ccnn2C2CCCCO2)nc1C(N)=O. The number of halogens is 1. The van der Waals surface area contributed by atoms with Gasteiger partial charge in [0, 0.05) is 30.5 Å². The van der Waals surface area contributed by atoms with Crippen LogP contribution in [0.2, 0.25) is 5.02 Å². The van der Waals surface area contributed by atoms with Gasteiger partial charge < -0.3 is 14.9 Å². The van der Waals surface area contributed by atoms with Crippen molar-refractivity contribution in [2.45, 2.75) is 44.9 Å². The van der Waals surface area contributed by atoms with E-state index < -0.39 is 5.91 Å². The highest BCUT2D eigenvalue weighted by Crippen LogP contribution is 2.32. The second-order valence-corrected chi connectivity index (χ2v) is 9.12. The van der Waals surface area contributed by atoms with Crippen LogP contribution in [0.15, 0.2) is 47.1 Å². The topological polar surface area (TPSA) is 138 Å². The minimum absolute atomic E-state index is 0.0843. The third kappa shape index (κ3) is 4.63. The number of rotatable bonds is 7. The summed E-state index contributed by atoms with van der Waals surface area (Å²) in [5, 5.41) is 18.5. The Morgan fingerprint density at radius 2 is 2.19 bits per heavy atom. The van der Waals surface area contributed by atoms with Gasteiger partial charge in [-0.3, -0.25) is 9.48 Å². The summed E-state index contributed by atoms with van der Waals surface area (Å²) in [5.41, 5.74) is 8.26. The summed E-state index contributed by atoms with van der Waals surface area (Å²) < 4.78 is 15.5. The molecule has 1 aromatic carbocycles. The Kier molecular flexibility index (Phi) is 6.59. The third-order valence-electron chi connectivity index (χ3n) is 6.14. The van der Waals surface area contributed by atoms with Gasteiger partial charge in [-0.15, -0.1) is 0 Å². The lowest BCUT2D eigenvalue weighted by Gasteiger charge is -2.23. The predicted molar refractivity (Wildman–Crippen MR) is 131 cm³/mol. The Hall–Kier alpha value is -3.94. The molecule has 10 nitrogen and oxygen atoms in total. The van der Waals surface area contributed by atoms with Gasteiger partial charge in [-0.2, -0.15) is 15.5 Å². The number of nitrogens with zero attached hydrogens (tertiary/aromatic N) is 6. The van der Waals surface area contributed by atoms with Gasteiger partial charge in [0.15, 0.2) is 11.9 Å². The van der Waals surface area contributed by atoms with Gasteiger partial charge in [-0.1, -0.05) is 24.6 Å². The first-order valence-corrected chi connectivity index (χ1v) is 12.0. The van der Waals surface area contributed by atoms with Crippen LogP contribution in [0.3, 0.4) is 0 Å². The van der Waals surface area contributed by atoms with Crippen LogP contribution >= 0.6 is 11.6 Å². The van der Waals surface area contributed by atoms with Gasteiger partial charge in [0.25, 0.3) is 5.91 Å². The molecular weight excluding hydrogens is 482 g/mol. The van der Waals surface area contributed by atoms with E-state index in [1.54, 1.807) is 39.8 Å². The van der Waals surface area contributed by atoms with Gasteiger partial charge in [-0.25, -0.2) is 9.67 Å². The molecule has 1 amide bonds. The summed E-state index contributed by atoms with van der Waals surface area (Å²) in [6.07, 6.45) is 6.19. The Labute approximate surface area is 212 Å². The van der Waals surface area contributed by atoms with E-state index in [2.05, 4.69) is 15.2 Å². The number of ether oxygens (including phenoxy) is 1. The number of hydrogen-bond donors (Lipinski definition) is 1. The fourth-order valence-corrected chi connectivity index (χ4v) is 4.55. The van der Waals surface area contributed by atoms with E-state index in [-0.39, 0.29) is 23.7 Å². The molecule has 184 valence electrons. The molecule has 0 bridgehead atoms. The molecule has 0 spiro atoms. The van der Waals surface area contributed by atoms with E-state index in [0.717, 1.165) is 24.8 Å². The molecule has 0 saturated carbocycles. The molecule has 1 unspecified atom stereocenters. The number of amides is 1. The Morgan fingerprint density at radius 3 is 2.92 bits per heavy atom. The van der Waals surface area contributed by atoms with E-state index in [4.69, 9.17) is 31.8 Å². The summed E-state index contributed by atoms with van der Waals surface area (Å²) in [6, 6.07) is 10.9. The fourth-order valence-electron chi connectivity index (χ4n) is 4.33. The summed E-state index contributed by atoms with van der Waals surface area (Å²) in [4.78, 5) is 16.6. The maximum Gasteiger partial charge on any atom is 0.270 e. The van der Waals surface area contributed by atoms with Crippen LogP contribution in [0.25, 0.3) is 22.8 Å². The summed E-state index contributed by atoms with van der Waals surface area (Å²) in [7, 11) is 0. The van der Waals surface area contributed by atoms with E-state index in [1.165, 1.54) is 0 Å². The number of benzene rings is 1. The average Bonchev–Trinajstić information content (AvgIpc) is 3.63. The van der Waals surface area contributed by atoms with Crippen LogP contribution in [-0.4, -0.2) is 37.1 Å². The highest BCUT2D eigenvalue weighted by atomic mass is 35.5. The molecule has 1 fully saturated rings. The van der Waals surface area contributed by atoms with Crippen LogP contribution in [-0.2, 0) is 11.3 Å². The lowest BCUT2D eigenvalue weighted by molar-refractivity contribution is -0.0386. The van der Waals surface area contributed by atoms with Crippen LogP contribution in [0.4, 0.5) is 0 Å². The van der Waals surface area contributed by atoms with E-state index in [1.807, 2.05) is 25.3 Å². The summed E-state index contributed by atoms with van der Waals surface area (Å²) >= 11 is 6.17. The van der Waals surface area contributed by atoms with E-state index in [9.17, 15) is 4.79 Å². The van der Waals surface area contributed by atoms with Crippen molar-refractivity contribution in [1.82, 2.24) is 24.5 Å². The zero-order valence-corrected chi connectivity index (χ0v) is 20.4. The zero-order chi connectivity index (χ0) is 25.2. The average molecular weight is 506 g/mol. The second-order valence-electron chi connectivity index (χ2n) is 8.71. The van der Waals surface area contributed by atoms with E-state index >= 15 is 0 Å². The monoisotopic (exact) mass is 505 g/mol. The quantitative estimate of drug-likeness (QED) is 0.389. The number of hydrogen-bond acceptors (Lipinski definition) is 7. The Bertz CT molecular complexity index is 1440. The van der Waals surface area contributed by atoms with Crippen LogP contribution < -0.4 is 5.73 Å². The minimum atomic E-state index is -0.666. The molecule has 0 aliphatic carbocycles. The molecule has 11 heteroatoms.